The molecule has 8 nitrogen and oxygen atoms in total. The molecule has 4 N–H and O–H groups in total. The summed E-state index contributed by atoms with van der Waals surface area (Å²) in [5.41, 5.74) is 7.12. The van der Waals surface area contributed by atoms with E-state index in [1.807, 2.05) is 19.1 Å². The first-order valence-electron chi connectivity index (χ1n) is 10.1. The zero-order chi connectivity index (χ0) is 24.5. The Morgan fingerprint density at radius 1 is 0.882 bits per heavy atom. The first kappa shape index (κ1) is 24.7. The van der Waals surface area contributed by atoms with E-state index in [9.17, 15) is 14.4 Å². The molecule has 0 aliphatic carbocycles. The number of hydrogen-bond donors (Lipinski definition) is 4. The Bertz CT molecular complexity index is 1220. The second-order valence-corrected chi connectivity index (χ2v) is 7.84. The number of ether oxygens (including phenoxy) is 1. The van der Waals surface area contributed by atoms with Crippen molar-refractivity contribution >= 4 is 52.3 Å². The van der Waals surface area contributed by atoms with E-state index in [1.54, 1.807) is 60.7 Å². The Balaban J connectivity index is 1.44. The molecule has 0 saturated heterocycles. The lowest BCUT2D eigenvalue weighted by Gasteiger charge is -2.12. The largest absolute Gasteiger partial charge is 0.482 e. The molecule has 0 aliphatic rings. The quantitative estimate of drug-likeness (QED) is 0.306. The average Bonchev–Trinajstić information content (AvgIpc) is 2.82. The van der Waals surface area contributed by atoms with Crippen molar-refractivity contribution in [2.75, 3.05) is 11.9 Å². The second-order valence-electron chi connectivity index (χ2n) is 7.02. The molecule has 3 aromatic carbocycles. The Morgan fingerprint density at radius 2 is 1.56 bits per heavy atom. The minimum Gasteiger partial charge on any atom is -0.482 e. The highest BCUT2D eigenvalue weighted by molar-refractivity contribution is 7.80. The standard InChI is InChI=1S/C24H21ClN4O4S/c1-15-6-2-3-7-18(15)23(32)26-17-12-10-16(11-13-17)22(31)28-29-24(34)27-21(30)14-33-20-9-5-4-8-19(20)25/h2-13H,14H2,1H3,(H,26,32)(H,28,31)(H2,27,29,30,34). The van der Waals surface area contributed by atoms with Gasteiger partial charge in [-0.15, -0.1) is 0 Å². The number of thiocarbonyl (C=S) groups is 1. The molecule has 174 valence electrons. The zero-order valence-corrected chi connectivity index (χ0v) is 19.6. The maximum atomic E-state index is 12.4. The minimum absolute atomic E-state index is 0.108. The summed E-state index contributed by atoms with van der Waals surface area (Å²) in [5.74, 6) is -0.886. The van der Waals surface area contributed by atoms with Crippen LogP contribution in [0.3, 0.4) is 0 Å². The summed E-state index contributed by atoms with van der Waals surface area (Å²) in [6.07, 6.45) is 0. The first-order valence-corrected chi connectivity index (χ1v) is 10.9. The van der Waals surface area contributed by atoms with Gasteiger partial charge in [0.2, 0.25) is 0 Å². The SMILES string of the molecule is Cc1ccccc1C(=O)Nc1ccc(C(=O)NNC(=S)NC(=O)COc2ccccc2Cl)cc1. The Labute approximate surface area is 206 Å². The van der Waals surface area contributed by atoms with E-state index in [0.717, 1.165) is 5.56 Å². The van der Waals surface area contributed by atoms with Crippen LogP contribution in [0, 0.1) is 6.92 Å². The van der Waals surface area contributed by atoms with Crippen LogP contribution in [0.1, 0.15) is 26.3 Å². The van der Waals surface area contributed by atoms with Crippen molar-refractivity contribution in [3.05, 3.63) is 94.5 Å². The van der Waals surface area contributed by atoms with E-state index in [1.165, 1.54) is 0 Å². The first-order chi connectivity index (χ1) is 16.3. The van der Waals surface area contributed by atoms with Crippen LogP contribution in [0.4, 0.5) is 5.69 Å². The van der Waals surface area contributed by atoms with Crippen LogP contribution in [0.15, 0.2) is 72.8 Å². The van der Waals surface area contributed by atoms with Gasteiger partial charge < -0.3 is 10.1 Å². The molecule has 3 aromatic rings. The third-order valence-electron chi connectivity index (χ3n) is 4.53. The van der Waals surface area contributed by atoms with Crippen molar-refractivity contribution in [2.24, 2.45) is 0 Å². The summed E-state index contributed by atoms with van der Waals surface area (Å²) in [6, 6.07) is 20.3. The van der Waals surface area contributed by atoms with Gasteiger partial charge in [0.05, 0.1) is 5.02 Å². The van der Waals surface area contributed by atoms with Crippen LogP contribution in [0.2, 0.25) is 5.02 Å². The molecule has 34 heavy (non-hydrogen) atoms. The third kappa shape index (κ3) is 7.03. The Kier molecular flexibility index (Phi) is 8.55. The lowest BCUT2D eigenvalue weighted by molar-refractivity contribution is -0.121. The number of benzene rings is 3. The number of amides is 3. The molecule has 0 aliphatic heterocycles. The van der Waals surface area contributed by atoms with Crippen LogP contribution in [-0.4, -0.2) is 29.4 Å². The van der Waals surface area contributed by atoms with Crippen molar-refractivity contribution < 1.29 is 19.1 Å². The summed E-state index contributed by atoms with van der Waals surface area (Å²) in [6.45, 7) is 1.54. The maximum Gasteiger partial charge on any atom is 0.269 e. The molecule has 0 fully saturated rings. The van der Waals surface area contributed by atoms with Crippen LogP contribution in [0.5, 0.6) is 5.75 Å². The molecule has 0 saturated carbocycles. The molecule has 0 spiro atoms. The van der Waals surface area contributed by atoms with E-state index in [2.05, 4.69) is 21.5 Å². The highest BCUT2D eigenvalue weighted by atomic mass is 35.5. The number of carbonyl (C=O) groups is 3. The molecule has 0 heterocycles. The molecule has 0 bridgehead atoms. The topological polar surface area (TPSA) is 109 Å². The smallest absolute Gasteiger partial charge is 0.269 e. The number of nitrogens with one attached hydrogen (secondary N) is 4. The van der Waals surface area contributed by atoms with Gasteiger partial charge >= 0.3 is 0 Å². The van der Waals surface area contributed by atoms with Crippen LogP contribution >= 0.6 is 23.8 Å². The summed E-state index contributed by atoms with van der Waals surface area (Å²) < 4.78 is 5.32. The maximum absolute atomic E-state index is 12.4. The van der Waals surface area contributed by atoms with E-state index >= 15 is 0 Å². The predicted molar refractivity (Wildman–Crippen MR) is 134 cm³/mol. The molecule has 0 atom stereocenters. The Morgan fingerprint density at radius 3 is 2.26 bits per heavy atom. The number of hydrazine groups is 1. The molecule has 0 aromatic heterocycles. The molecular formula is C24H21ClN4O4S. The summed E-state index contributed by atoms with van der Waals surface area (Å²) in [5, 5.41) is 5.44. The number of carbonyl (C=O) groups excluding carboxylic acids is 3. The van der Waals surface area contributed by atoms with Crippen molar-refractivity contribution in [3.63, 3.8) is 0 Å². The lowest BCUT2D eigenvalue weighted by atomic mass is 10.1. The van der Waals surface area contributed by atoms with Crippen LogP contribution in [0.25, 0.3) is 0 Å². The van der Waals surface area contributed by atoms with E-state index < -0.39 is 11.8 Å². The van der Waals surface area contributed by atoms with Crippen molar-refractivity contribution in [3.8, 4) is 5.75 Å². The molecule has 0 radical (unpaired) electrons. The van der Waals surface area contributed by atoms with Crippen LogP contribution in [-0.2, 0) is 4.79 Å². The van der Waals surface area contributed by atoms with Gasteiger partial charge in [-0.3, -0.25) is 30.6 Å². The summed E-state index contributed by atoms with van der Waals surface area (Å²) in [4.78, 5) is 36.7. The highest BCUT2D eigenvalue weighted by Gasteiger charge is 2.11. The van der Waals surface area contributed by atoms with Crippen molar-refractivity contribution in [1.82, 2.24) is 16.2 Å². The lowest BCUT2D eigenvalue weighted by Crippen LogP contribution is -2.49. The number of para-hydroxylation sites is 1. The fourth-order valence-electron chi connectivity index (χ4n) is 2.82. The number of hydrogen-bond acceptors (Lipinski definition) is 5. The number of rotatable bonds is 6. The normalized spacial score (nSPS) is 10.1. The Hall–Kier alpha value is -3.95. The number of aryl methyl sites for hydroxylation is 1. The van der Waals surface area contributed by atoms with E-state index in [0.29, 0.717) is 27.6 Å². The minimum atomic E-state index is -0.527. The van der Waals surface area contributed by atoms with Gasteiger partial charge in [-0.05, 0) is 67.2 Å². The molecular weight excluding hydrogens is 476 g/mol. The average molecular weight is 497 g/mol. The van der Waals surface area contributed by atoms with E-state index in [4.69, 9.17) is 28.6 Å². The fourth-order valence-corrected chi connectivity index (χ4v) is 3.17. The van der Waals surface area contributed by atoms with Crippen molar-refractivity contribution in [1.29, 1.82) is 0 Å². The monoisotopic (exact) mass is 496 g/mol. The van der Waals surface area contributed by atoms with Gasteiger partial charge in [-0.25, -0.2) is 0 Å². The van der Waals surface area contributed by atoms with Crippen LogP contribution < -0.4 is 26.2 Å². The van der Waals surface area contributed by atoms with Gasteiger partial charge in [0.15, 0.2) is 11.7 Å². The van der Waals surface area contributed by atoms with Crippen molar-refractivity contribution in [2.45, 2.75) is 6.92 Å². The van der Waals surface area contributed by atoms with Gasteiger partial charge in [0.1, 0.15) is 5.75 Å². The molecule has 0 unspecified atom stereocenters. The predicted octanol–water partition coefficient (Wildman–Crippen LogP) is 3.62. The van der Waals surface area contributed by atoms with Gasteiger partial charge in [0, 0.05) is 16.8 Å². The fraction of sp³-hybridized carbons (Fsp3) is 0.0833. The molecule has 3 rings (SSSR count). The van der Waals surface area contributed by atoms with E-state index in [-0.39, 0.29) is 17.6 Å². The zero-order valence-electron chi connectivity index (χ0n) is 18.1. The second kappa shape index (κ2) is 11.8. The summed E-state index contributed by atoms with van der Waals surface area (Å²) >= 11 is 11.0. The molecule has 3 amide bonds. The summed E-state index contributed by atoms with van der Waals surface area (Å²) in [7, 11) is 0. The van der Waals surface area contributed by atoms with Gasteiger partial charge in [-0.1, -0.05) is 41.9 Å². The highest BCUT2D eigenvalue weighted by Crippen LogP contribution is 2.22. The number of halogens is 1. The van der Waals surface area contributed by atoms with Gasteiger partial charge in [-0.2, -0.15) is 0 Å². The molecule has 10 heteroatoms. The number of anilines is 1. The van der Waals surface area contributed by atoms with Gasteiger partial charge in [0.25, 0.3) is 17.7 Å². The third-order valence-corrected chi connectivity index (χ3v) is 5.05.